The van der Waals surface area contributed by atoms with Gasteiger partial charge in [0.2, 0.25) is 5.91 Å². The van der Waals surface area contributed by atoms with E-state index in [0.29, 0.717) is 23.9 Å². The van der Waals surface area contributed by atoms with Gasteiger partial charge in [-0.3, -0.25) is 4.79 Å². The predicted octanol–water partition coefficient (Wildman–Crippen LogP) is 2.05. The highest BCUT2D eigenvalue weighted by Crippen LogP contribution is 2.30. The first kappa shape index (κ1) is 16.8. The Morgan fingerprint density at radius 2 is 1.90 bits per heavy atom. The molecule has 1 heterocycles. The highest BCUT2D eigenvalue weighted by atomic mass is 16.2. The van der Waals surface area contributed by atoms with E-state index in [1.54, 1.807) is 0 Å². The van der Waals surface area contributed by atoms with Crippen LogP contribution in [0.1, 0.15) is 59.3 Å². The van der Waals surface area contributed by atoms with Crippen LogP contribution in [-0.2, 0) is 4.79 Å². The molecule has 1 amide bonds. The van der Waals surface area contributed by atoms with Crippen LogP contribution in [0.3, 0.4) is 0 Å². The molecule has 21 heavy (non-hydrogen) atoms. The minimum atomic E-state index is -0.0873. The van der Waals surface area contributed by atoms with E-state index < -0.39 is 0 Å². The van der Waals surface area contributed by atoms with Gasteiger partial charge in [-0.1, -0.05) is 26.7 Å². The zero-order chi connectivity index (χ0) is 15.2. The molecule has 4 heteroatoms. The topological polar surface area (TPSA) is 53.2 Å². The number of carbonyl (C=O) groups is 1. The molecule has 0 spiro atoms. The largest absolute Gasteiger partial charge is 0.354 e. The quantitative estimate of drug-likeness (QED) is 0.703. The summed E-state index contributed by atoms with van der Waals surface area (Å²) in [6.45, 7) is 8.19. The number of nitrogens with one attached hydrogen (secondary N) is 3. The standard InChI is InChI=1S/C17H33N3O/c1-12(2)11-19-17(21)13(3)20-16-8-5-4-7-14(16)15-9-6-10-18-15/h12-16,18,20H,4-11H2,1-3H3,(H,19,21). The van der Waals surface area contributed by atoms with Gasteiger partial charge in [0.05, 0.1) is 6.04 Å². The summed E-state index contributed by atoms with van der Waals surface area (Å²) in [5.74, 6) is 1.35. The summed E-state index contributed by atoms with van der Waals surface area (Å²) < 4.78 is 0. The summed E-state index contributed by atoms with van der Waals surface area (Å²) in [5, 5.41) is 10.3. The van der Waals surface area contributed by atoms with Crippen LogP contribution in [0.25, 0.3) is 0 Å². The summed E-state index contributed by atoms with van der Waals surface area (Å²) in [7, 11) is 0. The van der Waals surface area contributed by atoms with Gasteiger partial charge in [-0.2, -0.15) is 0 Å². The van der Waals surface area contributed by atoms with Crippen molar-refractivity contribution in [3.8, 4) is 0 Å². The Morgan fingerprint density at radius 1 is 1.14 bits per heavy atom. The second-order valence-corrected chi connectivity index (χ2v) is 7.29. The van der Waals surface area contributed by atoms with Gasteiger partial charge in [-0.15, -0.1) is 0 Å². The Hall–Kier alpha value is -0.610. The maximum Gasteiger partial charge on any atom is 0.236 e. The molecular formula is C17H33N3O. The van der Waals surface area contributed by atoms with Crippen molar-refractivity contribution in [1.29, 1.82) is 0 Å². The van der Waals surface area contributed by atoms with Gasteiger partial charge in [-0.05, 0) is 51.0 Å². The second-order valence-electron chi connectivity index (χ2n) is 7.29. The summed E-state index contributed by atoms with van der Waals surface area (Å²) in [5.41, 5.74) is 0. The van der Waals surface area contributed by atoms with E-state index in [1.165, 1.54) is 38.5 Å². The molecule has 4 atom stereocenters. The molecule has 1 aliphatic carbocycles. The van der Waals surface area contributed by atoms with Crippen LogP contribution in [0.2, 0.25) is 0 Å². The first-order chi connectivity index (χ1) is 10.1. The highest BCUT2D eigenvalue weighted by molar-refractivity contribution is 5.81. The van der Waals surface area contributed by atoms with Crippen LogP contribution in [0.15, 0.2) is 0 Å². The molecule has 0 aromatic carbocycles. The van der Waals surface area contributed by atoms with E-state index in [9.17, 15) is 4.79 Å². The molecule has 0 aromatic heterocycles. The Labute approximate surface area is 129 Å². The summed E-state index contributed by atoms with van der Waals surface area (Å²) in [4.78, 5) is 12.2. The normalized spacial score (nSPS) is 31.3. The zero-order valence-corrected chi connectivity index (χ0v) is 14.0. The Kier molecular flexibility index (Phi) is 6.49. The molecule has 1 saturated heterocycles. The lowest BCUT2D eigenvalue weighted by molar-refractivity contribution is -0.123. The maximum absolute atomic E-state index is 12.2. The van der Waals surface area contributed by atoms with E-state index in [2.05, 4.69) is 29.8 Å². The monoisotopic (exact) mass is 295 g/mol. The first-order valence-electron chi connectivity index (χ1n) is 8.85. The third-order valence-electron chi connectivity index (χ3n) is 4.98. The fraction of sp³-hybridized carbons (Fsp3) is 0.941. The molecule has 1 aliphatic heterocycles. The van der Waals surface area contributed by atoms with Crippen molar-refractivity contribution in [1.82, 2.24) is 16.0 Å². The Morgan fingerprint density at radius 3 is 2.57 bits per heavy atom. The maximum atomic E-state index is 12.2. The van der Waals surface area contributed by atoms with E-state index in [0.717, 1.165) is 13.1 Å². The number of hydrogen-bond donors (Lipinski definition) is 3. The molecule has 2 fully saturated rings. The number of carbonyl (C=O) groups excluding carboxylic acids is 1. The minimum absolute atomic E-state index is 0.0873. The SMILES string of the molecule is CC(C)CNC(=O)C(C)NC1CCCCC1C1CCCN1. The van der Waals surface area contributed by atoms with E-state index in [-0.39, 0.29) is 11.9 Å². The van der Waals surface area contributed by atoms with Crippen LogP contribution in [-0.4, -0.2) is 37.1 Å². The van der Waals surface area contributed by atoms with Crippen molar-refractivity contribution in [3.05, 3.63) is 0 Å². The number of rotatable bonds is 6. The van der Waals surface area contributed by atoms with Crippen molar-refractivity contribution < 1.29 is 4.79 Å². The van der Waals surface area contributed by atoms with Crippen molar-refractivity contribution in [2.24, 2.45) is 11.8 Å². The van der Waals surface area contributed by atoms with E-state index in [4.69, 9.17) is 0 Å². The lowest BCUT2D eigenvalue weighted by Crippen LogP contribution is -2.53. The minimum Gasteiger partial charge on any atom is -0.354 e. The molecule has 0 aromatic rings. The molecule has 0 radical (unpaired) electrons. The van der Waals surface area contributed by atoms with Gasteiger partial charge in [0.15, 0.2) is 0 Å². The van der Waals surface area contributed by atoms with Crippen LogP contribution in [0, 0.1) is 11.8 Å². The van der Waals surface area contributed by atoms with E-state index in [1.807, 2.05) is 6.92 Å². The molecule has 2 rings (SSSR count). The average molecular weight is 295 g/mol. The third kappa shape index (κ3) is 4.96. The van der Waals surface area contributed by atoms with Crippen molar-refractivity contribution in [2.45, 2.75) is 77.4 Å². The van der Waals surface area contributed by atoms with Crippen molar-refractivity contribution >= 4 is 5.91 Å². The Balaban J connectivity index is 1.84. The van der Waals surface area contributed by atoms with Gasteiger partial charge in [0.25, 0.3) is 0 Å². The molecule has 122 valence electrons. The lowest BCUT2D eigenvalue weighted by atomic mass is 9.79. The smallest absolute Gasteiger partial charge is 0.236 e. The number of hydrogen-bond acceptors (Lipinski definition) is 3. The first-order valence-corrected chi connectivity index (χ1v) is 8.85. The molecular weight excluding hydrogens is 262 g/mol. The van der Waals surface area contributed by atoms with Crippen LogP contribution < -0.4 is 16.0 Å². The van der Waals surface area contributed by atoms with Crippen LogP contribution in [0.5, 0.6) is 0 Å². The van der Waals surface area contributed by atoms with Crippen LogP contribution >= 0.6 is 0 Å². The molecule has 2 aliphatic rings. The lowest BCUT2D eigenvalue weighted by Gasteiger charge is -2.37. The fourth-order valence-corrected chi connectivity index (χ4v) is 3.78. The summed E-state index contributed by atoms with van der Waals surface area (Å²) in [6, 6.07) is 1.07. The van der Waals surface area contributed by atoms with Gasteiger partial charge < -0.3 is 16.0 Å². The zero-order valence-electron chi connectivity index (χ0n) is 14.0. The van der Waals surface area contributed by atoms with Crippen molar-refractivity contribution in [2.75, 3.05) is 13.1 Å². The molecule has 3 N–H and O–H groups in total. The number of amides is 1. The van der Waals surface area contributed by atoms with Gasteiger partial charge in [0, 0.05) is 18.6 Å². The van der Waals surface area contributed by atoms with Crippen molar-refractivity contribution in [3.63, 3.8) is 0 Å². The molecule has 0 bridgehead atoms. The highest BCUT2D eigenvalue weighted by Gasteiger charge is 2.34. The Bertz CT molecular complexity index is 326. The van der Waals surface area contributed by atoms with Gasteiger partial charge >= 0.3 is 0 Å². The van der Waals surface area contributed by atoms with Gasteiger partial charge in [0.1, 0.15) is 0 Å². The fourth-order valence-electron chi connectivity index (χ4n) is 3.78. The second kappa shape index (κ2) is 8.14. The molecule has 4 nitrogen and oxygen atoms in total. The van der Waals surface area contributed by atoms with E-state index >= 15 is 0 Å². The summed E-state index contributed by atoms with van der Waals surface area (Å²) >= 11 is 0. The third-order valence-corrected chi connectivity index (χ3v) is 4.98. The predicted molar refractivity (Wildman–Crippen MR) is 87.2 cm³/mol. The van der Waals surface area contributed by atoms with Crippen LogP contribution in [0.4, 0.5) is 0 Å². The average Bonchev–Trinajstić information content (AvgIpc) is 2.99. The summed E-state index contributed by atoms with van der Waals surface area (Å²) in [6.07, 6.45) is 7.76. The molecule has 1 saturated carbocycles. The van der Waals surface area contributed by atoms with Gasteiger partial charge in [-0.25, -0.2) is 0 Å². The molecule has 4 unspecified atom stereocenters.